The Morgan fingerprint density at radius 2 is 2.00 bits per heavy atom. The Balaban J connectivity index is 2.16. The van der Waals surface area contributed by atoms with E-state index in [1.165, 1.54) is 5.56 Å². The molecule has 0 amide bonds. The van der Waals surface area contributed by atoms with E-state index in [0.717, 1.165) is 35.8 Å². The maximum absolute atomic E-state index is 5.89. The minimum absolute atomic E-state index is 0.773. The second-order valence-electron chi connectivity index (χ2n) is 4.62. The Labute approximate surface area is 114 Å². The van der Waals surface area contributed by atoms with E-state index in [2.05, 4.69) is 35.4 Å². The van der Waals surface area contributed by atoms with E-state index in [1.807, 2.05) is 26.0 Å². The first-order valence-electron chi connectivity index (χ1n) is 6.60. The molecule has 0 fully saturated rings. The third-order valence-electron chi connectivity index (χ3n) is 2.94. The highest BCUT2D eigenvalue weighted by molar-refractivity contribution is 5.39. The van der Waals surface area contributed by atoms with Crippen LogP contribution >= 0.6 is 0 Å². The molecule has 1 aromatic heterocycles. The fourth-order valence-electron chi connectivity index (χ4n) is 1.78. The quantitative estimate of drug-likeness (QED) is 0.887. The van der Waals surface area contributed by atoms with Gasteiger partial charge in [-0.25, -0.2) is 0 Å². The minimum Gasteiger partial charge on any atom is -0.455 e. The number of hydrogen-bond donors (Lipinski definition) is 1. The van der Waals surface area contributed by atoms with Crippen LogP contribution in [0.3, 0.4) is 0 Å². The van der Waals surface area contributed by atoms with Crippen molar-refractivity contribution in [1.82, 2.24) is 10.3 Å². The molecule has 1 heterocycles. The van der Waals surface area contributed by atoms with E-state index < -0.39 is 0 Å². The Hall–Kier alpha value is -1.87. The summed E-state index contributed by atoms with van der Waals surface area (Å²) in [6, 6.07) is 10.2. The summed E-state index contributed by atoms with van der Waals surface area (Å²) in [5.41, 5.74) is 3.34. The minimum atomic E-state index is 0.773. The molecule has 0 unspecified atom stereocenters. The van der Waals surface area contributed by atoms with Crippen LogP contribution in [-0.2, 0) is 6.54 Å². The lowest BCUT2D eigenvalue weighted by molar-refractivity contribution is 0.475. The number of pyridine rings is 1. The van der Waals surface area contributed by atoms with Crippen molar-refractivity contribution >= 4 is 0 Å². The number of ether oxygens (including phenoxy) is 1. The summed E-state index contributed by atoms with van der Waals surface area (Å²) in [6.07, 6.45) is 1.76. The summed E-state index contributed by atoms with van der Waals surface area (Å²) < 4.78 is 5.89. The van der Waals surface area contributed by atoms with Crippen molar-refractivity contribution in [2.75, 3.05) is 6.54 Å². The van der Waals surface area contributed by atoms with Crippen LogP contribution in [0, 0.1) is 13.8 Å². The van der Waals surface area contributed by atoms with Crippen LogP contribution < -0.4 is 10.1 Å². The highest BCUT2D eigenvalue weighted by Crippen LogP contribution is 2.25. The predicted molar refractivity (Wildman–Crippen MR) is 77.6 cm³/mol. The van der Waals surface area contributed by atoms with E-state index in [0.29, 0.717) is 0 Å². The van der Waals surface area contributed by atoms with Crippen LogP contribution in [0.2, 0.25) is 0 Å². The van der Waals surface area contributed by atoms with Gasteiger partial charge in [0, 0.05) is 12.2 Å². The van der Waals surface area contributed by atoms with Crippen LogP contribution in [0.25, 0.3) is 0 Å². The van der Waals surface area contributed by atoms with Crippen LogP contribution in [0.15, 0.2) is 36.5 Å². The molecule has 0 aliphatic heterocycles. The maximum Gasteiger partial charge on any atom is 0.145 e. The molecule has 0 aliphatic carbocycles. The Bertz CT molecular complexity index is 535. The van der Waals surface area contributed by atoms with Gasteiger partial charge < -0.3 is 10.1 Å². The highest BCUT2D eigenvalue weighted by Gasteiger charge is 2.03. The van der Waals surface area contributed by atoms with Crippen molar-refractivity contribution in [2.24, 2.45) is 0 Å². The van der Waals surface area contributed by atoms with Gasteiger partial charge in [-0.3, -0.25) is 4.98 Å². The van der Waals surface area contributed by atoms with Crippen LogP contribution in [0.1, 0.15) is 23.7 Å². The fraction of sp³-hybridized carbons (Fsp3) is 0.312. The molecule has 1 aromatic carbocycles. The summed E-state index contributed by atoms with van der Waals surface area (Å²) in [5, 5.41) is 3.31. The fourth-order valence-corrected chi connectivity index (χ4v) is 1.78. The zero-order chi connectivity index (χ0) is 13.7. The molecule has 1 N–H and O–H groups in total. The van der Waals surface area contributed by atoms with Gasteiger partial charge in [0.05, 0.1) is 6.20 Å². The SMILES string of the molecule is CCNCc1ccc(C)c(Oc2ccc(C)nc2)c1. The number of nitrogens with one attached hydrogen (secondary N) is 1. The molecule has 3 nitrogen and oxygen atoms in total. The first-order chi connectivity index (χ1) is 9.19. The molecule has 0 saturated carbocycles. The number of rotatable bonds is 5. The van der Waals surface area contributed by atoms with Crippen molar-refractivity contribution in [3.63, 3.8) is 0 Å². The number of benzene rings is 1. The Morgan fingerprint density at radius 1 is 1.16 bits per heavy atom. The number of nitrogens with zero attached hydrogens (tertiary/aromatic N) is 1. The number of aromatic nitrogens is 1. The monoisotopic (exact) mass is 256 g/mol. The standard InChI is InChI=1S/C16H20N2O/c1-4-17-10-14-7-5-12(2)16(9-14)19-15-8-6-13(3)18-11-15/h5-9,11,17H,4,10H2,1-3H3. The molecule has 19 heavy (non-hydrogen) atoms. The van der Waals surface area contributed by atoms with Crippen LogP contribution in [0.5, 0.6) is 11.5 Å². The van der Waals surface area contributed by atoms with Crippen molar-refractivity contribution in [3.05, 3.63) is 53.3 Å². The second-order valence-corrected chi connectivity index (χ2v) is 4.62. The predicted octanol–water partition coefficient (Wildman–Crippen LogP) is 3.60. The lowest BCUT2D eigenvalue weighted by Crippen LogP contribution is -2.11. The molecule has 0 atom stereocenters. The van der Waals surface area contributed by atoms with Crippen LogP contribution in [-0.4, -0.2) is 11.5 Å². The van der Waals surface area contributed by atoms with E-state index in [1.54, 1.807) is 6.20 Å². The van der Waals surface area contributed by atoms with Gasteiger partial charge in [-0.2, -0.15) is 0 Å². The van der Waals surface area contributed by atoms with Crippen molar-refractivity contribution in [1.29, 1.82) is 0 Å². The number of hydrogen-bond acceptors (Lipinski definition) is 3. The molecule has 0 bridgehead atoms. The van der Waals surface area contributed by atoms with Crippen molar-refractivity contribution in [2.45, 2.75) is 27.3 Å². The van der Waals surface area contributed by atoms with Gasteiger partial charge in [-0.1, -0.05) is 19.1 Å². The topological polar surface area (TPSA) is 34.1 Å². The van der Waals surface area contributed by atoms with Gasteiger partial charge in [-0.05, 0) is 49.7 Å². The van der Waals surface area contributed by atoms with Crippen molar-refractivity contribution in [3.8, 4) is 11.5 Å². The molecule has 3 heteroatoms. The summed E-state index contributed by atoms with van der Waals surface area (Å²) in [6.45, 7) is 7.94. The third kappa shape index (κ3) is 3.80. The van der Waals surface area contributed by atoms with E-state index in [4.69, 9.17) is 4.74 Å². The van der Waals surface area contributed by atoms with E-state index in [9.17, 15) is 0 Å². The van der Waals surface area contributed by atoms with Crippen LogP contribution in [0.4, 0.5) is 0 Å². The molecular formula is C16H20N2O. The molecular weight excluding hydrogens is 236 g/mol. The van der Waals surface area contributed by atoms with E-state index >= 15 is 0 Å². The van der Waals surface area contributed by atoms with E-state index in [-0.39, 0.29) is 0 Å². The smallest absolute Gasteiger partial charge is 0.145 e. The van der Waals surface area contributed by atoms with Crippen molar-refractivity contribution < 1.29 is 4.74 Å². The van der Waals surface area contributed by atoms with Gasteiger partial charge in [0.15, 0.2) is 0 Å². The largest absolute Gasteiger partial charge is 0.455 e. The zero-order valence-electron chi connectivity index (χ0n) is 11.7. The first-order valence-corrected chi connectivity index (χ1v) is 6.60. The zero-order valence-corrected chi connectivity index (χ0v) is 11.7. The summed E-state index contributed by atoms with van der Waals surface area (Å²) >= 11 is 0. The van der Waals surface area contributed by atoms with Gasteiger partial charge in [-0.15, -0.1) is 0 Å². The molecule has 0 saturated heterocycles. The molecule has 0 radical (unpaired) electrons. The summed E-state index contributed by atoms with van der Waals surface area (Å²) in [7, 11) is 0. The average molecular weight is 256 g/mol. The molecule has 2 rings (SSSR count). The third-order valence-corrected chi connectivity index (χ3v) is 2.94. The van der Waals surface area contributed by atoms with Gasteiger partial charge >= 0.3 is 0 Å². The lowest BCUT2D eigenvalue weighted by atomic mass is 10.1. The first kappa shape index (κ1) is 13.6. The Morgan fingerprint density at radius 3 is 2.68 bits per heavy atom. The highest BCUT2D eigenvalue weighted by atomic mass is 16.5. The summed E-state index contributed by atoms with van der Waals surface area (Å²) in [5.74, 6) is 1.66. The number of aryl methyl sites for hydroxylation is 2. The molecule has 2 aromatic rings. The summed E-state index contributed by atoms with van der Waals surface area (Å²) in [4.78, 5) is 4.24. The second kappa shape index (κ2) is 6.34. The molecule has 0 aliphatic rings. The van der Waals surface area contributed by atoms with Gasteiger partial charge in [0.25, 0.3) is 0 Å². The maximum atomic E-state index is 5.89. The lowest BCUT2D eigenvalue weighted by Gasteiger charge is -2.11. The molecule has 100 valence electrons. The van der Waals surface area contributed by atoms with Gasteiger partial charge in [0.1, 0.15) is 11.5 Å². The van der Waals surface area contributed by atoms with Gasteiger partial charge in [0.2, 0.25) is 0 Å². The molecule has 0 spiro atoms. The Kier molecular flexibility index (Phi) is 4.53. The average Bonchev–Trinajstić information content (AvgIpc) is 2.42. The normalized spacial score (nSPS) is 10.5.